The van der Waals surface area contributed by atoms with E-state index in [0.717, 1.165) is 5.56 Å². The lowest BCUT2D eigenvalue weighted by Crippen LogP contribution is -2.30. The van der Waals surface area contributed by atoms with Gasteiger partial charge in [0.25, 0.3) is 0 Å². The van der Waals surface area contributed by atoms with E-state index in [0.29, 0.717) is 11.5 Å². The maximum absolute atomic E-state index is 11.5. The summed E-state index contributed by atoms with van der Waals surface area (Å²) in [6, 6.07) is 4.91. The van der Waals surface area contributed by atoms with Gasteiger partial charge in [-0.25, -0.2) is 8.42 Å². The van der Waals surface area contributed by atoms with E-state index < -0.39 is 22.0 Å². The van der Waals surface area contributed by atoms with Gasteiger partial charge in [-0.2, -0.15) is 0 Å². The van der Waals surface area contributed by atoms with Crippen LogP contribution in [0.15, 0.2) is 18.2 Å². The van der Waals surface area contributed by atoms with Crippen LogP contribution in [-0.2, 0) is 9.84 Å². The molecule has 1 saturated heterocycles. The molecule has 1 heterocycles. The summed E-state index contributed by atoms with van der Waals surface area (Å²) in [4.78, 5) is 0. The van der Waals surface area contributed by atoms with Crippen molar-refractivity contribution in [2.75, 3.05) is 18.6 Å². The first kappa shape index (κ1) is 15.1. The van der Waals surface area contributed by atoms with Gasteiger partial charge in [0.05, 0.1) is 18.6 Å². The topological polar surface area (TPSA) is 98.9 Å². The summed E-state index contributed by atoms with van der Waals surface area (Å²) >= 11 is 0. The maximum Gasteiger partial charge on any atom is 0.156 e. The van der Waals surface area contributed by atoms with Crippen LogP contribution in [0.1, 0.15) is 18.5 Å². The lowest BCUT2D eigenvalue weighted by atomic mass is 10.1. The van der Waals surface area contributed by atoms with Gasteiger partial charge in [0.2, 0.25) is 0 Å². The molecule has 1 aliphatic rings. The van der Waals surface area contributed by atoms with E-state index in [1.54, 1.807) is 25.1 Å². The third-order valence-corrected chi connectivity index (χ3v) is 4.95. The Morgan fingerprint density at radius 2 is 2.10 bits per heavy atom. The first-order chi connectivity index (χ1) is 9.32. The number of hydrogen-bond acceptors (Lipinski definition) is 6. The lowest BCUT2D eigenvalue weighted by molar-refractivity contribution is 0.0728. The minimum Gasteiger partial charge on any atom is -0.497 e. The molecule has 3 N–H and O–H groups in total. The quantitative estimate of drug-likeness (QED) is 0.827. The average Bonchev–Trinajstić information content (AvgIpc) is 2.61. The molecule has 3 unspecified atom stereocenters. The molecule has 2 rings (SSSR count). The molecular formula is C13H19NO5S. The minimum absolute atomic E-state index is 0.191. The van der Waals surface area contributed by atoms with Gasteiger partial charge >= 0.3 is 0 Å². The van der Waals surface area contributed by atoms with Gasteiger partial charge in [-0.15, -0.1) is 0 Å². The van der Waals surface area contributed by atoms with Crippen molar-refractivity contribution >= 4 is 9.84 Å². The van der Waals surface area contributed by atoms with Crippen LogP contribution in [0.5, 0.6) is 11.5 Å². The van der Waals surface area contributed by atoms with Crippen LogP contribution < -0.4 is 15.2 Å². The molecule has 0 spiro atoms. The number of hydrogen-bond donors (Lipinski definition) is 2. The first-order valence-electron chi connectivity index (χ1n) is 6.31. The molecule has 7 heteroatoms. The highest BCUT2D eigenvalue weighted by Crippen LogP contribution is 2.31. The van der Waals surface area contributed by atoms with Gasteiger partial charge in [-0.05, 0) is 13.0 Å². The zero-order chi connectivity index (χ0) is 14.9. The normalized spacial score (nSPS) is 26.2. The minimum atomic E-state index is -3.25. The van der Waals surface area contributed by atoms with Crippen LogP contribution in [0.2, 0.25) is 0 Å². The summed E-state index contributed by atoms with van der Waals surface area (Å²) in [6.45, 7) is 1.80. The van der Waals surface area contributed by atoms with Crippen LogP contribution in [0.3, 0.4) is 0 Å². The van der Waals surface area contributed by atoms with Gasteiger partial charge in [-0.3, -0.25) is 0 Å². The smallest absolute Gasteiger partial charge is 0.156 e. The third kappa shape index (κ3) is 3.23. The molecule has 0 amide bonds. The summed E-state index contributed by atoms with van der Waals surface area (Å²) in [5, 5.41) is 9.78. The van der Waals surface area contributed by atoms with Gasteiger partial charge in [-0.1, -0.05) is 6.07 Å². The van der Waals surface area contributed by atoms with E-state index in [9.17, 15) is 13.5 Å². The highest BCUT2D eigenvalue weighted by Gasteiger charge is 2.38. The van der Waals surface area contributed by atoms with Crippen LogP contribution in [0.4, 0.5) is 0 Å². The van der Waals surface area contributed by atoms with Crippen molar-refractivity contribution in [2.24, 2.45) is 5.73 Å². The fraction of sp³-hybridized carbons (Fsp3) is 0.538. The summed E-state index contributed by atoms with van der Waals surface area (Å²) < 4.78 is 33.8. The van der Waals surface area contributed by atoms with Gasteiger partial charge in [0.1, 0.15) is 23.7 Å². The number of aliphatic hydroxyl groups is 1. The van der Waals surface area contributed by atoms with E-state index >= 15 is 0 Å². The Balaban J connectivity index is 2.28. The predicted molar refractivity (Wildman–Crippen MR) is 74.7 cm³/mol. The summed E-state index contributed by atoms with van der Waals surface area (Å²) in [7, 11) is -1.72. The van der Waals surface area contributed by atoms with E-state index in [1.807, 2.05) is 0 Å². The molecule has 0 radical (unpaired) electrons. The van der Waals surface area contributed by atoms with Crippen LogP contribution in [0, 0.1) is 0 Å². The molecule has 20 heavy (non-hydrogen) atoms. The Labute approximate surface area is 118 Å². The Hall–Kier alpha value is -1.31. The van der Waals surface area contributed by atoms with Gasteiger partial charge in [0.15, 0.2) is 9.84 Å². The van der Waals surface area contributed by atoms with Crippen molar-refractivity contribution in [2.45, 2.75) is 25.2 Å². The number of rotatable bonds is 4. The predicted octanol–water partition coefficient (Wildman–Crippen LogP) is 0.252. The monoisotopic (exact) mass is 301 g/mol. The van der Waals surface area contributed by atoms with Crippen molar-refractivity contribution in [3.63, 3.8) is 0 Å². The van der Waals surface area contributed by atoms with Gasteiger partial charge < -0.3 is 20.3 Å². The van der Waals surface area contributed by atoms with Crippen molar-refractivity contribution in [3.05, 3.63) is 23.8 Å². The van der Waals surface area contributed by atoms with Crippen molar-refractivity contribution in [1.82, 2.24) is 0 Å². The fourth-order valence-electron chi connectivity index (χ4n) is 2.19. The van der Waals surface area contributed by atoms with Crippen molar-refractivity contribution in [1.29, 1.82) is 0 Å². The van der Waals surface area contributed by atoms with Gasteiger partial charge in [0, 0.05) is 17.7 Å². The van der Waals surface area contributed by atoms with Crippen LogP contribution in [0.25, 0.3) is 0 Å². The second-order valence-electron chi connectivity index (χ2n) is 4.99. The zero-order valence-corrected chi connectivity index (χ0v) is 12.3. The Morgan fingerprint density at radius 1 is 1.40 bits per heavy atom. The highest BCUT2D eigenvalue weighted by molar-refractivity contribution is 7.91. The fourth-order valence-corrected chi connectivity index (χ4v) is 3.85. The van der Waals surface area contributed by atoms with E-state index in [1.165, 1.54) is 7.11 Å². The van der Waals surface area contributed by atoms with Crippen molar-refractivity contribution in [3.8, 4) is 11.5 Å². The molecule has 1 fully saturated rings. The second-order valence-corrected chi connectivity index (χ2v) is 7.15. The highest BCUT2D eigenvalue weighted by atomic mass is 32.2. The Kier molecular flexibility index (Phi) is 4.22. The first-order valence-corrected chi connectivity index (χ1v) is 8.13. The van der Waals surface area contributed by atoms with E-state index in [-0.39, 0.29) is 17.5 Å². The molecule has 6 nitrogen and oxygen atoms in total. The molecule has 1 aromatic carbocycles. The number of sulfone groups is 1. The molecule has 1 aromatic rings. The number of nitrogens with two attached hydrogens (primary N) is 1. The average molecular weight is 301 g/mol. The zero-order valence-electron chi connectivity index (χ0n) is 11.4. The largest absolute Gasteiger partial charge is 0.497 e. The molecule has 1 aliphatic heterocycles. The number of aliphatic hydroxyl groups excluding tert-OH is 1. The summed E-state index contributed by atoms with van der Waals surface area (Å²) in [6.07, 6.45) is -1.79. The molecule has 0 aromatic heterocycles. The number of ether oxygens (including phenoxy) is 2. The maximum atomic E-state index is 11.5. The molecule has 3 atom stereocenters. The summed E-state index contributed by atoms with van der Waals surface area (Å²) in [5.41, 5.74) is 6.60. The van der Waals surface area contributed by atoms with E-state index in [2.05, 4.69) is 0 Å². The number of methoxy groups -OCH3 is 1. The standard InChI is InChI=1S/C13H19NO5S/c1-8(14)10-4-3-9(18-2)5-12(10)19-13-7-20(16,17)6-11(13)15/h3-5,8,11,13,15H,6-7,14H2,1-2H3. The second kappa shape index (κ2) is 5.59. The Morgan fingerprint density at radius 3 is 2.60 bits per heavy atom. The molecule has 0 bridgehead atoms. The SMILES string of the molecule is COc1ccc(C(C)N)c(OC2CS(=O)(=O)CC2O)c1. The van der Waals surface area contributed by atoms with Crippen molar-refractivity contribution < 1.29 is 23.0 Å². The third-order valence-electron chi connectivity index (χ3n) is 3.26. The lowest BCUT2D eigenvalue weighted by Gasteiger charge is -2.20. The van der Waals surface area contributed by atoms with Crippen LogP contribution >= 0.6 is 0 Å². The molecule has 0 aliphatic carbocycles. The van der Waals surface area contributed by atoms with E-state index in [4.69, 9.17) is 15.2 Å². The number of benzene rings is 1. The molecule has 112 valence electrons. The molecular weight excluding hydrogens is 282 g/mol. The Bertz CT molecular complexity index is 584. The molecule has 0 saturated carbocycles. The van der Waals surface area contributed by atoms with Crippen LogP contribution in [-0.4, -0.2) is 44.3 Å². The summed E-state index contributed by atoms with van der Waals surface area (Å²) in [5.74, 6) is 0.569.